The molecule has 1 saturated carbocycles. The van der Waals surface area contributed by atoms with E-state index in [4.69, 9.17) is 10.2 Å². The zero-order chi connectivity index (χ0) is 10.1. The first-order chi connectivity index (χ1) is 5.96. The lowest BCUT2D eigenvalue weighted by molar-refractivity contribution is -0.157. The highest BCUT2D eigenvalue weighted by Gasteiger charge is 2.43. The van der Waals surface area contributed by atoms with Crippen LogP contribution in [0.1, 0.15) is 25.7 Å². The molecule has 5 heteroatoms. The summed E-state index contributed by atoms with van der Waals surface area (Å²) in [6.45, 7) is 0. The van der Waals surface area contributed by atoms with Gasteiger partial charge in [-0.3, -0.25) is 4.79 Å². The predicted octanol–water partition coefficient (Wildman–Crippen LogP) is 1.05. The summed E-state index contributed by atoms with van der Waals surface area (Å²) in [6, 6.07) is 0. The Balaban J connectivity index is 2.56. The molecule has 0 radical (unpaired) electrons. The first-order valence-electron chi connectivity index (χ1n) is 4.11. The highest BCUT2D eigenvalue weighted by Crippen LogP contribution is 2.35. The third kappa shape index (κ3) is 1.96. The second kappa shape index (κ2) is 3.32. The molecule has 0 heterocycles. The van der Waals surface area contributed by atoms with Crippen molar-refractivity contribution in [3.63, 3.8) is 0 Å². The number of alkyl halides is 1. The van der Waals surface area contributed by atoms with Crippen LogP contribution in [0.15, 0.2) is 0 Å². The van der Waals surface area contributed by atoms with E-state index in [1.165, 1.54) is 0 Å². The van der Waals surface area contributed by atoms with Gasteiger partial charge in [-0.1, -0.05) is 0 Å². The van der Waals surface area contributed by atoms with Gasteiger partial charge in [0, 0.05) is 0 Å². The van der Waals surface area contributed by atoms with Crippen molar-refractivity contribution >= 4 is 11.9 Å². The molecule has 0 aromatic carbocycles. The Bertz CT molecular complexity index is 230. The van der Waals surface area contributed by atoms with Gasteiger partial charge in [0.2, 0.25) is 5.67 Å². The number of rotatable bonds is 2. The van der Waals surface area contributed by atoms with Crippen LogP contribution < -0.4 is 0 Å². The Morgan fingerprint density at radius 3 is 2.00 bits per heavy atom. The van der Waals surface area contributed by atoms with Crippen molar-refractivity contribution in [1.82, 2.24) is 0 Å². The molecule has 1 fully saturated rings. The molecule has 1 aliphatic rings. The van der Waals surface area contributed by atoms with E-state index in [2.05, 4.69) is 0 Å². The van der Waals surface area contributed by atoms with E-state index in [9.17, 15) is 14.0 Å². The lowest BCUT2D eigenvalue weighted by atomic mass is 9.80. The van der Waals surface area contributed by atoms with Crippen LogP contribution in [0.2, 0.25) is 0 Å². The number of carboxylic acids is 2. The molecule has 0 unspecified atom stereocenters. The zero-order valence-electron chi connectivity index (χ0n) is 6.99. The predicted molar refractivity (Wildman–Crippen MR) is 41.1 cm³/mol. The van der Waals surface area contributed by atoms with Crippen molar-refractivity contribution in [2.24, 2.45) is 5.92 Å². The van der Waals surface area contributed by atoms with Crippen LogP contribution in [0.25, 0.3) is 0 Å². The molecule has 0 amide bonds. The molecule has 0 bridgehead atoms. The van der Waals surface area contributed by atoms with Crippen molar-refractivity contribution in [3.05, 3.63) is 0 Å². The molecular weight excluding hydrogens is 179 g/mol. The molecule has 1 rings (SSSR count). The Morgan fingerprint density at radius 1 is 1.23 bits per heavy atom. The smallest absolute Gasteiger partial charge is 0.341 e. The minimum Gasteiger partial charge on any atom is -0.481 e. The van der Waals surface area contributed by atoms with E-state index in [-0.39, 0.29) is 25.7 Å². The van der Waals surface area contributed by atoms with Gasteiger partial charge in [0.15, 0.2) is 0 Å². The molecule has 74 valence electrons. The van der Waals surface area contributed by atoms with Crippen LogP contribution in [0.5, 0.6) is 0 Å². The summed E-state index contributed by atoms with van der Waals surface area (Å²) < 4.78 is 13.3. The van der Waals surface area contributed by atoms with Crippen LogP contribution in [-0.2, 0) is 9.59 Å². The number of hydrogen-bond donors (Lipinski definition) is 2. The van der Waals surface area contributed by atoms with Crippen LogP contribution in [0.3, 0.4) is 0 Å². The van der Waals surface area contributed by atoms with Gasteiger partial charge in [-0.2, -0.15) is 0 Å². The van der Waals surface area contributed by atoms with Gasteiger partial charge >= 0.3 is 11.9 Å². The number of carboxylic acid groups (broad SMARTS) is 2. The minimum absolute atomic E-state index is 0.109. The molecule has 0 saturated heterocycles. The Hall–Kier alpha value is -1.13. The molecular formula is C8H11FO4. The van der Waals surface area contributed by atoms with Gasteiger partial charge in [0.05, 0.1) is 5.92 Å². The van der Waals surface area contributed by atoms with Gasteiger partial charge in [-0.15, -0.1) is 0 Å². The maximum absolute atomic E-state index is 13.3. The topological polar surface area (TPSA) is 74.6 Å². The van der Waals surface area contributed by atoms with Crippen LogP contribution >= 0.6 is 0 Å². The highest BCUT2D eigenvalue weighted by molar-refractivity contribution is 5.78. The maximum Gasteiger partial charge on any atom is 0.341 e. The summed E-state index contributed by atoms with van der Waals surface area (Å²) in [7, 11) is 0. The fourth-order valence-corrected chi connectivity index (χ4v) is 1.54. The van der Waals surface area contributed by atoms with E-state index in [1.807, 2.05) is 0 Å². The van der Waals surface area contributed by atoms with Crippen LogP contribution in [-0.4, -0.2) is 27.8 Å². The highest BCUT2D eigenvalue weighted by atomic mass is 19.1. The monoisotopic (exact) mass is 190 g/mol. The second-order valence-corrected chi connectivity index (χ2v) is 3.38. The van der Waals surface area contributed by atoms with E-state index >= 15 is 0 Å². The van der Waals surface area contributed by atoms with Crippen molar-refractivity contribution in [3.8, 4) is 0 Å². The Kier molecular flexibility index (Phi) is 2.54. The quantitative estimate of drug-likeness (QED) is 0.682. The molecule has 0 aromatic heterocycles. The summed E-state index contributed by atoms with van der Waals surface area (Å²) in [5.41, 5.74) is -2.20. The van der Waals surface area contributed by atoms with Crippen molar-refractivity contribution in [2.45, 2.75) is 31.4 Å². The van der Waals surface area contributed by atoms with Crippen molar-refractivity contribution in [1.29, 1.82) is 0 Å². The van der Waals surface area contributed by atoms with Crippen LogP contribution in [0, 0.1) is 5.92 Å². The Labute approximate surface area is 74.4 Å². The average molecular weight is 190 g/mol. The molecule has 2 N–H and O–H groups in total. The second-order valence-electron chi connectivity index (χ2n) is 3.38. The van der Waals surface area contributed by atoms with Gasteiger partial charge in [-0.25, -0.2) is 9.18 Å². The molecule has 0 aromatic rings. The van der Waals surface area contributed by atoms with E-state index in [0.717, 1.165) is 0 Å². The molecule has 13 heavy (non-hydrogen) atoms. The summed E-state index contributed by atoms with van der Waals surface area (Å²) in [5, 5.41) is 17.1. The third-order valence-corrected chi connectivity index (χ3v) is 2.51. The molecule has 1 aliphatic carbocycles. The molecule has 0 atom stereocenters. The number of aliphatic carboxylic acids is 2. The van der Waals surface area contributed by atoms with Gasteiger partial charge < -0.3 is 10.2 Å². The van der Waals surface area contributed by atoms with E-state index in [0.29, 0.717) is 0 Å². The largest absolute Gasteiger partial charge is 0.481 e. The van der Waals surface area contributed by atoms with Crippen LogP contribution in [0.4, 0.5) is 4.39 Å². The summed E-state index contributed by atoms with van der Waals surface area (Å²) in [6.07, 6.45) is -0.172. The van der Waals surface area contributed by atoms with Gasteiger partial charge in [-0.05, 0) is 25.7 Å². The minimum atomic E-state index is -2.20. The number of hydrogen-bond acceptors (Lipinski definition) is 2. The normalized spacial score (nSPS) is 34.1. The van der Waals surface area contributed by atoms with Crippen molar-refractivity contribution < 1.29 is 24.2 Å². The molecule has 0 aliphatic heterocycles. The fourth-order valence-electron chi connectivity index (χ4n) is 1.54. The first-order valence-corrected chi connectivity index (χ1v) is 4.11. The Morgan fingerprint density at radius 2 is 1.69 bits per heavy atom. The lowest BCUT2D eigenvalue weighted by Gasteiger charge is -2.28. The van der Waals surface area contributed by atoms with E-state index < -0.39 is 23.5 Å². The molecule has 0 spiro atoms. The maximum atomic E-state index is 13.3. The van der Waals surface area contributed by atoms with Gasteiger partial charge in [0.1, 0.15) is 0 Å². The lowest BCUT2D eigenvalue weighted by Crippen LogP contribution is -2.39. The van der Waals surface area contributed by atoms with E-state index in [1.54, 1.807) is 0 Å². The van der Waals surface area contributed by atoms with Gasteiger partial charge in [0.25, 0.3) is 0 Å². The third-order valence-electron chi connectivity index (χ3n) is 2.51. The average Bonchev–Trinajstić information content (AvgIpc) is 2.04. The standard InChI is InChI=1S/C8H11FO4/c9-8(7(12)13)3-1-5(2-4-8)6(10)11/h5H,1-4H2,(H,10,11)(H,12,13)/t5-,8+. The fraction of sp³-hybridized carbons (Fsp3) is 0.750. The summed E-state index contributed by atoms with van der Waals surface area (Å²) in [4.78, 5) is 20.9. The first kappa shape index (κ1) is 9.95. The summed E-state index contributed by atoms with van der Waals surface area (Å²) >= 11 is 0. The number of halogens is 1. The zero-order valence-corrected chi connectivity index (χ0v) is 6.99. The summed E-state index contributed by atoms with van der Waals surface area (Å²) in [5.74, 6) is -3.02. The number of carbonyl (C=O) groups is 2. The molecule has 4 nitrogen and oxygen atoms in total. The SMILES string of the molecule is O=C(O)[C@H]1CC[C@](F)(C(=O)O)CC1. The van der Waals surface area contributed by atoms with Crippen molar-refractivity contribution in [2.75, 3.05) is 0 Å².